The SMILES string of the molecule is O=C(c1ccc(-c2ccc(Cl)c(Cl)c2)s1)N1CCNCC1. The Kier molecular flexibility index (Phi) is 4.50. The van der Waals surface area contributed by atoms with Crippen molar-refractivity contribution in [1.82, 2.24) is 10.2 Å². The van der Waals surface area contributed by atoms with Crippen molar-refractivity contribution in [3.05, 3.63) is 45.3 Å². The third-order valence-corrected chi connectivity index (χ3v) is 5.29. The normalized spacial score (nSPS) is 15.2. The van der Waals surface area contributed by atoms with Crippen molar-refractivity contribution in [3.8, 4) is 10.4 Å². The summed E-state index contributed by atoms with van der Waals surface area (Å²) in [5.74, 6) is 0.104. The number of hydrogen-bond acceptors (Lipinski definition) is 3. The zero-order valence-corrected chi connectivity index (χ0v) is 13.6. The maximum atomic E-state index is 12.4. The molecule has 1 aliphatic heterocycles. The summed E-state index contributed by atoms with van der Waals surface area (Å²) < 4.78 is 0. The third kappa shape index (κ3) is 3.24. The summed E-state index contributed by atoms with van der Waals surface area (Å²) in [6, 6.07) is 9.36. The van der Waals surface area contributed by atoms with Crippen molar-refractivity contribution in [2.24, 2.45) is 0 Å². The number of nitrogens with one attached hydrogen (secondary N) is 1. The fourth-order valence-corrected chi connectivity index (χ4v) is 3.55. The molecule has 1 aromatic heterocycles. The maximum absolute atomic E-state index is 12.4. The summed E-state index contributed by atoms with van der Waals surface area (Å²) in [7, 11) is 0. The van der Waals surface area contributed by atoms with E-state index in [-0.39, 0.29) is 5.91 Å². The largest absolute Gasteiger partial charge is 0.335 e. The topological polar surface area (TPSA) is 32.3 Å². The second-order valence-electron chi connectivity index (χ2n) is 4.83. The van der Waals surface area contributed by atoms with Crippen LogP contribution in [-0.4, -0.2) is 37.0 Å². The van der Waals surface area contributed by atoms with Crippen molar-refractivity contribution in [2.45, 2.75) is 0 Å². The highest BCUT2D eigenvalue weighted by Crippen LogP contribution is 2.33. The van der Waals surface area contributed by atoms with Crippen LogP contribution in [0.5, 0.6) is 0 Å². The van der Waals surface area contributed by atoms with Gasteiger partial charge in [-0.1, -0.05) is 29.3 Å². The van der Waals surface area contributed by atoms with Crippen LogP contribution in [0.15, 0.2) is 30.3 Å². The molecule has 21 heavy (non-hydrogen) atoms. The number of carbonyl (C=O) groups is 1. The summed E-state index contributed by atoms with van der Waals surface area (Å²) >= 11 is 13.5. The molecule has 1 aliphatic rings. The molecule has 0 spiro atoms. The molecule has 1 fully saturated rings. The lowest BCUT2D eigenvalue weighted by Crippen LogP contribution is -2.46. The highest BCUT2D eigenvalue weighted by Gasteiger charge is 2.19. The van der Waals surface area contributed by atoms with Gasteiger partial charge in [0.15, 0.2) is 0 Å². The maximum Gasteiger partial charge on any atom is 0.264 e. The van der Waals surface area contributed by atoms with Gasteiger partial charge in [0.2, 0.25) is 0 Å². The van der Waals surface area contributed by atoms with Gasteiger partial charge in [-0.3, -0.25) is 4.79 Å². The summed E-state index contributed by atoms with van der Waals surface area (Å²) in [5, 5.41) is 4.31. The van der Waals surface area contributed by atoms with Gasteiger partial charge in [-0.2, -0.15) is 0 Å². The highest BCUT2D eigenvalue weighted by atomic mass is 35.5. The van der Waals surface area contributed by atoms with Gasteiger partial charge in [-0.05, 0) is 29.8 Å². The molecular weight excluding hydrogens is 327 g/mol. The summed E-state index contributed by atoms with van der Waals surface area (Å²) in [5.41, 5.74) is 0.980. The van der Waals surface area contributed by atoms with E-state index < -0.39 is 0 Å². The van der Waals surface area contributed by atoms with Gasteiger partial charge in [-0.15, -0.1) is 11.3 Å². The van der Waals surface area contributed by atoms with Crippen molar-refractivity contribution in [3.63, 3.8) is 0 Å². The number of piperazine rings is 1. The number of benzene rings is 1. The molecule has 0 atom stereocenters. The van der Waals surface area contributed by atoms with E-state index in [1.165, 1.54) is 11.3 Å². The van der Waals surface area contributed by atoms with Crippen LogP contribution in [0, 0.1) is 0 Å². The quantitative estimate of drug-likeness (QED) is 0.902. The molecule has 1 amide bonds. The number of halogens is 2. The van der Waals surface area contributed by atoms with Crippen LogP contribution in [-0.2, 0) is 0 Å². The number of amides is 1. The fraction of sp³-hybridized carbons (Fsp3) is 0.267. The van der Waals surface area contributed by atoms with Gasteiger partial charge < -0.3 is 10.2 Å². The molecule has 1 N–H and O–H groups in total. The number of hydrogen-bond donors (Lipinski definition) is 1. The van der Waals surface area contributed by atoms with E-state index in [2.05, 4.69) is 5.32 Å². The minimum Gasteiger partial charge on any atom is -0.335 e. The predicted molar refractivity (Wildman–Crippen MR) is 88.5 cm³/mol. The standard InChI is InChI=1S/C15H14Cl2N2OS/c16-11-2-1-10(9-12(11)17)13-3-4-14(21-13)15(20)19-7-5-18-6-8-19/h1-4,9,18H,5-8H2. The van der Waals surface area contributed by atoms with Crippen LogP contribution in [0.2, 0.25) is 10.0 Å². The Labute approximate surface area is 137 Å². The Balaban J connectivity index is 1.82. The molecule has 110 valence electrons. The van der Waals surface area contributed by atoms with Gasteiger partial charge >= 0.3 is 0 Å². The highest BCUT2D eigenvalue weighted by molar-refractivity contribution is 7.17. The first-order chi connectivity index (χ1) is 10.1. The molecule has 2 heterocycles. The molecular formula is C15H14Cl2N2OS. The number of nitrogens with zero attached hydrogens (tertiary/aromatic N) is 1. The van der Waals surface area contributed by atoms with Gasteiger partial charge in [0.1, 0.15) is 0 Å². The Hall–Kier alpha value is -1.07. The van der Waals surface area contributed by atoms with Crippen molar-refractivity contribution in [1.29, 1.82) is 0 Å². The van der Waals surface area contributed by atoms with E-state index in [4.69, 9.17) is 23.2 Å². The number of carbonyl (C=O) groups excluding carboxylic acids is 1. The molecule has 0 unspecified atom stereocenters. The van der Waals surface area contributed by atoms with E-state index in [0.29, 0.717) is 10.0 Å². The third-order valence-electron chi connectivity index (χ3n) is 3.43. The van der Waals surface area contributed by atoms with E-state index >= 15 is 0 Å². The predicted octanol–water partition coefficient (Wildman–Crippen LogP) is 3.77. The lowest BCUT2D eigenvalue weighted by molar-refractivity contribution is 0.0740. The second kappa shape index (κ2) is 6.36. The van der Waals surface area contributed by atoms with Gasteiger partial charge in [0.25, 0.3) is 5.91 Å². The van der Waals surface area contributed by atoms with E-state index in [0.717, 1.165) is 41.5 Å². The average Bonchev–Trinajstić information content (AvgIpc) is 3.00. The molecule has 3 nitrogen and oxygen atoms in total. The minimum atomic E-state index is 0.104. The molecule has 0 aliphatic carbocycles. The van der Waals surface area contributed by atoms with Crippen LogP contribution in [0.1, 0.15) is 9.67 Å². The molecule has 0 bridgehead atoms. The number of thiophene rings is 1. The Morgan fingerprint density at radius 1 is 1.10 bits per heavy atom. The molecule has 0 radical (unpaired) electrons. The van der Waals surface area contributed by atoms with Gasteiger partial charge in [-0.25, -0.2) is 0 Å². The van der Waals surface area contributed by atoms with Crippen LogP contribution < -0.4 is 5.32 Å². The Morgan fingerprint density at radius 3 is 2.57 bits per heavy atom. The van der Waals surface area contributed by atoms with Crippen LogP contribution in [0.3, 0.4) is 0 Å². The lowest BCUT2D eigenvalue weighted by atomic mass is 10.2. The molecule has 6 heteroatoms. The monoisotopic (exact) mass is 340 g/mol. The van der Waals surface area contributed by atoms with Crippen molar-refractivity contribution < 1.29 is 4.79 Å². The smallest absolute Gasteiger partial charge is 0.264 e. The molecule has 3 rings (SSSR count). The van der Waals surface area contributed by atoms with E-state index in [1.54, 1.807) is 6.07 Å². The Bertz CT molecular complexity index is 665. The minimum absolute atomic E-state index is 0.104. The summed E-state index contributed by atoms with van der Waals surface area (Å²) in [4.78, 5) is 16.1. The second-order valence-corrected chi connectivity index (χ2v) is 6.73. The molecule has 1 saturated heterocycles. The van der Waals surface area contributed by atoms with Crippen LogP contribution in [0.4, 0.5) is 0 Å². The van der Waals surface area contributed by atoms with E-state index in [9.17, 15) is 4.79 Å². The number of rotatable bonds is 2. The first-order valence-electron chi connectivity index (χ1n) is 6.70. The molecule has 2 aromatic rings. The summed E-state index contributed by atoms with van der Waals surface area (Å²) in [6.07, 6.45) is 0. The van der Waals surface area contributed by atoms with Crippen LogP contribution in [0.25, 0.3) is 10.4 Å². The van der Waals surface area contributed by atoms with Crippen LogP contribution >= 0.6 is 34.5 Å². The zero-order valence-electron chi connectivity index (χ0n) is 11.2. The lowest BCUT2D eigenvalue weighted by Gasteiger charge is -2.26. The fourth-order valence-electron chi connectivity index (χ4n) is 2.28. The van der Waals surface area contributed by atoms with Crippen molar-refractivity contribution >= 4 is 40.4 Å². The van der Waals surface area contributed by atoms with E-state index in [1.807, 2.05) is 29.2 Å². The summed E-state index contributed by atoms with van der Waals surface area (Å²) in [6.45, 7) is 3.24. The van der Waals surface area contributed by atoms with Crippen molar-refractivity contribution in [2.75, 3.05) is 26.2 Å². The average molecular weight is 341 g/mol. The zero-order chi connectivity index (χ0) is 14.8. The first kappa shape index (κ1) is 14.9. The van der Waals surface area contributed by atoms with Gasteiger partial charge in [0.05, 0.1) is 14.9 Å². The van der Waals surface area contributed by atoms with Gasteiger partial charge in [0, 0.05) is 31.1 Å². The Morgan fingerprint density at radius 2 is 1.86 bits per heavy atom. The molecule has 1 aromatic carbocycles. The first-order valence-corrected chi connectivity index (χ1v) is 8.27. The molecule has 0 saturated carbocycles.